The van der Waals surface area contributed by atoms with Gasteiger partial charge in [0.2, 0.25) is 5.91 Å². The third kappa shape index (κ3) is 3.28. The Morgan fingerprint density at radius 2 is 2.25 bits per heavy atom. The zero-order valence-corrected chi connectivity index (χ0v) is 11.0. The van der Waals surface area contributed by atoms with Gasteiger partial charge in [-0.15, -0.1) is 11.3 Å². The molecule has 0 aliphatic heterocycles. The lowest BCUT2D eigenvalue weighted by molar-refractivity contribution is -0.124. The van der Waals surface area contributed by atoms with Gasteiger partial charge in [-0.2, -0.15) is 0 Å². The molecule has 0 unspecified atom stereocenters. The van der Waals surface area contributed by atoms with Gasteiger partial charge in [-0.3, -0.25) is 4.79 Å². The van der Waals surface area contributed by atoms with Gasteiger partial charge in [0.1, 0.15) is 0 Å². The van der Waals surface area contributed by atoms with E-state index >= 15 is 0 Å². The summed E-state index contributed by atoms with van der Waals surface area (Å²) >= 11 is 1.54. The SMILES string of the molecule is Cc1ncsc1CNC(=O)[C@H](N)C(C)(C)C. The van der Waals surface area contributed by atoms with Gasteiger partial charge in [0.15, 0.2) is 0 Å². The predicted molar refractivity (Wildman–Crippen MR) is 66.1 cm³/mol. The molecule has 1 atom stereocenters. The Bertz CT molecular complexity index is 368. The molecule has 90 valence electrons. The first-order valence-corrected chi connectivity index (χ1v) is 6.12. The first-order chi connectivity index (χ1) is 7.32. The van der Waals surface area contributed by atoms with E-state index < -0.39 is 6.04 Å². The highest BCUT2D eigenvalue weighted by molar-refractivity contribution is 7.09. The molecule has 0 fully saturated rings. The summed E-state index contributed by atoms with van der Waals surface area (Å²) in [4.78, 5) is 16.9. The first kappa shape index (κ1) is 13.1. The van der Waals surface area contributed by atoms with Gasteiger partial charge in [-0.1, -0.05) is 20.8 Å². The summed E-state index contributed by atoms with van der Waals surface area (Å²) < 4.78 is 0. The topological polar surface area (TPSA) is 68.0 Å². The number of aryl methyl sites for hydroxylation is 1. The highest BCUT2D eigenvalue weighted by atomic mass is 32.1. The molecular formula is C11H19N3OS. The second-order valence-electron chi connectivity index (χ2n) is 4.92. The van der Waals surface area contributed by atoms with Crippen molar-refractivity contribution in [3.8, 4) is 0 Å². The summed E-state index contributed by atoms with van der Waals surface area (Å²) in [6.45, 7) is 8.31. The van der Waals surface area contributed by atoms with Crippen LogP contribution in [-0.2, 0) is 11.3 Å². The van der Waals surface area contributed by atoms with Crippen LogP contribution in [0.2, 0.25) is 0 Å². The van der Waals surface area contributed by atoms with Crippen LogP contribution in [0.1, 0.15) is 31.3 Å². The van der Waals surface area contributed by atoms with Crippen molar-refractivity contribution < 1.29 is 4.79 Å². The molecule has 5 heteroatoms. The maximum absolute atomic E-state index is 11.7. The molecule has 1 heterocycles. The van der Waals surface area contributed by atoms with Gasteiger partial charge in [0.25, 0.3) is 0 Å². The van der Waals surface area contributed by atoms with Crippen molar-refractivity contribution in [1.82, 2.24) is 10.3 Å². The van der Waals surface area contributed by atoms with E-state index in [2.05, 4.69) is 10.3 Å². The van der Waals surface area contributed by atoms with Crippen molar-refractivity contribution in [2.24, 2.45) is 11.1 Å². The summed E-state index contributed by atoms with van der Waals surface area (Å²) in [6.07, 6.45) is 0. The van der Waals surface area contributed by atoms with Crippen LogP contribution in [0.5, 0.6) is 0 Å². The highest BCUT2D eigenvalue weighted by Gasteiger charge is 2.27. The molecule has 1 amide bonds. The molecule has 0 radical (unpaired) electrons. The fourth-order valence-corrected chi connectivity index (χ4v) is 1.88. The Morgan fingerprint density at radius 3 is 2.69 bits per heavy atom. The molecule has 0 aliphatic rings. The fourth-order valence-electron chi connectivity index (χ4n) is 1.17. The molecular weight excluding hydrogens is 222 g/mol. The second kappa shape index (κ2) is 4.93. The number of amides is 1. The van der Waals surface area contributed by atoms with E-state index in [1.165, 1.54) is 0 Å². The van der Waals surface area contributed by atoms with Gasteiger partial charge in [0, 0.05) is 4.88 Å². The van der Waals surface area contributed by atoms with Gasteiger partial charge < -0.3 is 11.1 Å². The smallest absolute Gasteiger partial charge is 0.237 e. The van der Waals surface area contributed by atoms with Crippen molar-refractivity contribution in [2.75, 3.05) is 0 Å². The lowest BCUT2D eigenvalue weighted by Crippen LogP contribution is -2.48. The van der Waals surface area contributed by atoms with Crippen molar-refractivity contribution in [3.63, 3.8) is 0 Å². The molecule has 0 aromatic carbocycles. The molecule has 0 saturated carbocycles. The zero-order valence-electron chi connectivity index (χ0n) is 10.2. The third-order valence-electron chi connectivity index (χ3n) is 2.48. The Kier molecular flexibility index (Phi) is 4.04. The van der Waals surface area contributed by atoms with Gasteiger partial charge in [-0.25, -0.2) is 4.98 Å². The molecule has 0 bridgehead atoms. The van der Waals surface area contributed by atoms with Gasteiger partial charge in [-0.05, 0) is 12.3 Å². The van der Waals surface area contributed by atoms with Crippen LogP contribution in [-0.4, -0.2) is 16.9 Å². The van der Waals surface area contributed by atoms with Crippen molar-refractivity contribution in [2.45, 2.75) is 40.3 Å². The Hall–Kier alpha value is -0.940. The van der Waals surface area contributed by atoms with Crippen LogP contribution in [0.4, 0.5) is 0 Å². The van der Waals surface area contributed by atoms with E-state index in [1.807, 2.05) is 27.7 Å². The first-order valence-electron chi connectivity index (χ1n) is 5.24. The summed E-state index contributed by atoms with van der Waals surface area (Å²) in [6, 6.07) is -0.485. The summed E-state index contributed by atoms with van der Waals surface area (Å²) in [5, 5.41) is 2.84. The van der Waals surface area contributed by atoms with Crippen molar-refractivity contribution >= 4 is 17.2 Å². The fraction of sp³-hybridized carbons (Fsp3) is 0.636. The number of carbonyl (C=O) groups is 1. The Balaban J connectivity index is 2.51. The number of thiazole rings is 1. The molecule has 0 aliphatic carbocycles. The Morgan fingerprint density at radius 1 is 1.62 bits per heavy atom. The molecule has 3 N–H and O–H groups in total. The molecule has 1 rings (SSSR count). The summed E-state index contributed by atoms with van der Waals surface area (Å²) in [7, 11) is 0. The van der Waals surface area contributed by atoms with Crippen LogP contribution < -0.4 is 11.1 Å². The minimum absolute atomic E-state index is 0.111. The van der Waals surface area contributed by atoms with E-state index in [-0.39, 0.29) is 11.3 Å². The van der Waals surface area contributed by atoms with Gasteiger partial charge in [0.05, 0.1) is 23.8 Å². The number of nitrogens with two attached hydrogens (primary N) is 1. The quantitative estimate of drug-likeness (QED) is 0.841. The number of carbonyl (C=O) groups excluding carboxylic acids is 1. The van der Waals surface area contributed by atoms with E-state index in [0.717, 1.165) is 10.6 Å². The average Bonchev–Trinajstić information content (AvgIpc) is 2.58. The molecule has 16 heavy (non-hydrogen) atoms. The minimum Gasteiger partial charge on any atom is -0.350 e. The summed E-state index contributed by atoms with van der Waals surface area (Å²) in [5.74, 6) is -0.111. The number of hydrogen-bond donors (Lipinski definition) is 2. The van der Waals surface area contributed by atoms with E-state index in [9.17, 15) is 4.79 Å². The molecule has 0 spiro atoms. The van der Waals surface area contributed by atoms with Crippen LogP contribution >= 0.6 is 11.3 Å². The number of rotatable bonds is 3. The number of nitrogens with zero attached hydrogens (tertiary/aromatic N) is 1. The largest absolute Gasteiger partial charge is 0.350 e. The van der Waals surface area contributed by atoms with Crippen LogP contribution in [0.15, 0.2) is 5.51 Å². The molecule has 4 nitrogen and oxygen atoms in total. The molecule has 1 aromatic rings. The number of hydrogen-bond acceptors (Lipinski definition) is 4. The van der Waals surface area contributed by atoms with Crippen LogP contribution in [0.3, 0.4) is 0 Å². The normalized spacial score (nSPS) is 13.6. The van der Waals surface area contributed by atoms with Crippen LogP contribution in [0, 0.1) is 12.3 Å². The minimum atomic E-state index is -0.485. The van der Waals surface area contributed by atoms with E-state index in [1.54, 1.807) is 16.8 Å². The highest BCUT2D eigenvalue weighted by Crippen LogP contribution is 2.17. The molecule has 0 saturated heterocycles. The zero-order chi connectivity index (χ0) is 12.3. The maximum atomic E-state index is 11.7. The predicted octanol–water partition coefficient (Wildman–Crippen LogP) is 1.44. The van der Waals surface area contributed by atoms with E-state index in [4.69, 9.17) is 5.73 Å². The third-order valence-corrected chi connectivity index (χ3v) is 3.42. The van der Waals surface area contributed by atoms with E-state index in [0.29, 0.717) is 6.54 Å². The second-order valence-corrected chi connectivity index (χ2v) is 5.86. The van der Waals surface area contributed by atoms with Crippen LogP contribution in [0.25, 0.3) is 0 Å². The monoisotopic (exact) mass is 241 g/mol. The Labute approximate surface area is 100 Å². The maximum Gasteiger partial charge on any atom is 0.237 e. The van der Waals surface area contributed by atoms with Crippen molar-refractivity contribution in [3.05, 3.63) is 16.1 Å². The lowest BCUT2D eigenvalue weighted by Gasteiger charge is -2.25. The summed E-state index contributed by atoms with van der Waals surface area (Å²) in [5.41, 5.74) is 8.38. The number of nitrogens with one attached hydrogen (secondary N) is 1. The lowest BCUT2D eigenvalue weighted by atomic mass is 9.87. The molecule has 1 aromatic heterocycles. The van der Waals surface area contributed by atoms with Gasteiger partial charge >= 0.3 is 0 Å². The number of aromatic nitrogens is 1. The standard InChI is InChI=1S/C11H19N3OS/c1-7-8(16-6-14-7)5-13-10(15)9(12)11(2,3)4/h6,9H,5,12H2,1-4H3,(H,13,15)/t9-/m0/s1. The average molecular weight is 241 g/mol. The van der Waals surface area contributed by atoms with Crippen molar-refractivity contribution in [1.29, 1.82) is 0 Å².